The second-order valence-corrected chi connectivity index (χ2v) is 2.00. The Labute approximate surface area is 64.1 Å². The van der Waals surface area contributed by atoms with Gasteiger partial charge in [0.1, 0.15) is 5.82 Å². The van der Waals surface area contributed by atoms with E-state index in [0.717, 1.165) is 0 Å². The molecule has 0 saturated carbocycles. The molecule has 1 nitrogen and oxygen atoms in total. The average Bonchev–Trinajstić information content (AvgIpc) is 1.94. The smallest absolute Gasteiger partial charge is 0.131 e. The third-order valence-corrected chi connectivity index (χ3v) is 1.22. The first-order chi connectivity index (χ1) is 4.84. The lowest BCUT2D eigenvalue weighted by molar-refractivity contribution is 0.626. The molecule has 52 valence electrons. The molecule has 0 atom stereocenters. The van der Waals surface area contributed by atoms with Crippen molar-refractivity contribution in [1.82, 2.24) is 0 Å². The molecule has 0 aliphatic heterocycles. The molecule has 0 radical (unpaired) electrons. The lowest BCUT2D eigenvalue weighted by atomic mass is 10.2. The minimum Gasteiger partial charge on any atom is -0.227 e. The molecule has 0 aliphatic rings. The molecule has 0 bridgehead atoms. The Morgan fingerprint density at radius 3 is 2.70 bits per heavy atom. The Bertz CT molecular complexity index is 247. The van der Waals surface area contributed by atoms with Crippen LogP contribution < -0.4 is 0 Å². The summed E-state index contributed by atoms with van der Waals surface area (Å²) in [5.74, 6) is -0.277. The first kappa shape index (κ1) is 7.28. The van der Waals surface area contributed by atoms with Gasteiger partial charge in [0.15, 0.2) is 0 Å². The lowest BCUT2D eigenvalue weighted by Crippen LogP contribution is -1.84. The van der Waals surface area contributed by atoms with Gasteiger partial charge in [-0.2, -0.15) is 0 Å². The van der Waals surface area contributed by atoms with Crippen LogP contribution in [-0.4, -0.2) is 6.21 Å². The van der Waals surface area contributed by atoms with Gasteiger partial charge in [0.2, 0.25) is 0 Å². The molecule has 0 spiro atoms. The van der Waals surface area contributed by atoms with E-state index in [1.165, 1.54) is 12.3 Å². The van der Waals surface area contributed by atoms with E-state index in [0.29, 0.717) is 5.56 Å². The molecule has 0 fully saturated rings. The fourth-order valence-electron chi connectivity index (χ4n) is 0.642. The Morgan fingerprint density at radius 1 is 1.40 bits per heavy atom. The molecule has 0 N–H and O–H groups in total. The van der Waals surface area contributed by atoms with Crippen molar-refractivity contribution in [3.8, 4) is 0 Å². The van der Waals surface area contributed by atoms with Gasteiger partial charge in [-0.25, -0.2) is 8.79 Å². The van der Waals surface area contributed by atoms with Crippen LogP contribution in [0.3, 0.4) is 0 Å². The largest absolute Gasteiger partial charge is 0.227 e. The van der Waals surface area contributed by atoms with Crippen LogP contribution >= 0.6 is 12.8 Å². The van der Waals surface area contributed by atoms with Crippen LogP contribution in [-0.2, 0) is 0 Å². The summed E-state index contributed by atoms with van der Waals surface area (Å²) in [5, 5.41) is 0. The third kappa shape index (κ3) is 1.57. The molecular weight excluding hydrogens is 149 g/mol. The first-order valence-corrected chi connectivity index (χ1v) is 3.16. The van der Waals surface area contributed by atoms with Gasteiger partial charge in [0.25, 0.3) is 0 Å². The van der Waals surface area contributed by atoms with Gasteiger partial charge >= 0.3 is 0 Å². The summed E-state index contributed by atoms with van der Waals surface area (Å²) in [4.78, 5) is 0. The molecule has 0 saturated heterocycles. The highest BCUT2D eigenvalue weighted by Crippen LogP contribution is 2.02. The predicted octanol–water partition coefficient (Wildman–Crippen LogP) is 2.09. The zero-order valence-electron chi connectivity index (χ0n) is 5.16. The number of thiol groups is 1. The summed E-state index contributed by atoms with van der Waals surface area (Å²) in [7, 11) is 0. The van der Waals surface area contributed by atoms with E-state index in [4.69, 9.17) is 0 Å². The van der Waals surface area contributed by atoms with Crippen LogP contribution in [0.4, 0.5) is 4.39 Å². The average molecular weight is 155 g/mol. The van der Waals surface area contributed by atoms with E-state index in [1.54, 1.807) is 18.2 Å². The van der Waals surface area contributed by atoms with Crippen LogP contribution in [0.5, 0.6) is 0 Å². The second kappa shape index (κ2) is 3.37. The van der Waals surface area contributed by atoms with Crippen molar-refractivity contribution in [3.63, 3.8) is 0 Å². The first-order valence-electron chi connectivity index (χ1n) is 2.76. The van der Waals surface area contributed by atoms with E-state index >= 15 is 0 Å². The van der Waals surface area contributed by atoms with Crippen LogP contribution in [0.15, 0.2) is 28.7 Å². The molecule has 0 heterocycles. The molecule has 0 unspecified atom stereocenters. The Morgan fingerprint density at radius 2 is 2.10 bits per heavy atom. The number of benzene rings is 1. The maximum Gasteiger partial charge on any atom is 0.131 e. The maximum absolute atomic E-state index is 12.7. The monoisotopic (exact) mass is 155 g/mol. The maximum atomic E-state index is 12.7. The van der Waals surface area contributed by atoms with Crippen molar-refractivity contribution in [2.24, 2.45) is 4.40 Å². The van der Waals surface area contributed by atoms with Crippen molar-refractivity contribution < 1.29 is 4.39 Å². The number of halogens is 1. The van der Waals surface area contributed by atoms with E-state index in [1.807, 2.05) is 0 Å². The summed E-state index contributed by atoms with van der Waals surface area (Å²) in [6.45, 7) is 0. The topological polar surface area (TPSA) is 12.4 Å². The van der Waals surface area contributed by atoms with Gasteiger partial charge in [-0.1, -0.05) is 18.2 Å². The number of rotatable bonds is 1. The molecule has 0 amide bonds. The van der Waals surface area contributed by atoms with Crippen LogP contribution in [0.25, 0.3) is 0 Å². The number of hydrogen-bond acceptors (Lipinski definition) is 2. The third-order valence-electron chi connectivity index (χ3n) is 1.10. The highest BCUT2D eigenvalue weighted by Gasteiger charge is 1.93. The van der Waals surface area contributed by atoms with Crippen LogP contribution in [0, 0.1) is 5.82 Å². The Hall–Kier alpha value is -0.830. The van der Waals surface area contributed by atoms with Gasteiger partial charge in [0, 0.05) is 11.8 Å². The van der Waals surface area contributed by atoms with Crippen molar-refractivity contribution >= 4 is 19.0 Å². The Balaban J connectivity index is 3.03. The zero-order valence-corrected chi connectivity index (χ0v) is 6.05. The molecule has 0 aliphatic carbocycles. The van der Waals surface area contributed by atoms with E-state index < -0.39 is 0 Å². The minimum atomic E-state index is -0.277. The fourth-order valence-corrected chi connectivity index (χ4v) is 0.766. The molecule has 1 aromatic carbocycles. The molecule has 1 rings (SSSR count). The number of hydrogen-bond donors (Lipinski definition) is 1. The van der Waals surface area contributed by atoms with Crippen LogP contribution in [0.2, 0.25) is 0 Å². The predicted molar refractivity (Wildman–Crippen MR) is 43.0 cm³/mol. The summed E-state index contributed by atoms with van der Waals surface area (Å²) < 4.78 is 16.0. The second-order valence-electron chi connectivity index (χ2n) is 1.77. The number of nitrogens with zero attached hydrogens (tertiary/aromatic N) is 1. The van der Waals surface area contributed by atoms with Gasteiger partial charge in [-0.3, -0.25) is 0 Å². The van der Waals surface area contributed by atoms with Gasteiger partial charge in [-0.05, 0) is 18.9 Å². The molecular formula is C7H6FNS. The van der Waals surface area contributed by atoms with Gasteiger partial charge in [0.05, 0.1) is 0 Å². The Kier molecular flexibility index (Phi) is 2.45. The van der Waals surface area contributed by atoms with Crippen molar-refractivity contribution in [3.05, 3.63) is 35.6 Å². The van der Waals surface area contributed by atoms with Crippen molar-refractivity contribution in [1.29, 1.82) is 0 Å². The quantitative estimate of drug-likeness (QED) is 0.471. The summed E-state index contributed by atoms with van der Waals surface area (Å²) in [6, 6.07) is 6.39. The minimum absolute atomic E-state index is 0.277. The van der Waals surface area contributed by atoms with Crippen LogP contribution in [0.1, 0.15) is 5.56 Å². The van der Waals surface area contributed by atoms with Crippen molar-refractivity contribution in [2.75, 3.05) is 0 Å². The zero-order chi connectivity index (χ0) is 7.40. The SMILES string of the molecule is Fc1ccccc1/C=N/S. The highest BCUT2D eigenvalue weighted by atomic mass is 32.1. The van der Waals surface area contributed by atoms with Gasteiger partial charge < -0.3 is 0 Å². The molecule has 3 heteroatoms. The molecule has 10 heavy (non-hydrogen) atoms. The summed E-state index contributed by atoms with van der Waals surface area (Å²) in [5.41, 5.74) is 0.456. The summed E-state index contributed by atoms with van der Waals surface area (Å²) in [6.07, 6.45) is 1.36. The van der Waals surface area contributed by atoms with Crippen molar-refractivity contribution in [2.45, 2.75) is 0 Å². The standard InChI is InChI=1S/C7H6FNS/c8-7-4-2-1-3-6(7)5-9-10/h1-5,10H/b9-5+. The molecule has 0 aromatic heterocycles. The highest BCUT2D eigenvalue weighted by molar-refractivity contribution is 7.78. The summed E-state index contributed by atoms with van der Waals surface area (Å²) >= 11 is 3.58. The fraction of sp³-hybridized carbons (Fsp3) is 0. The van der Waals surface area contributed by atoms with E-state index in [2.05, 4.69) is 17.2 Å². The molecule has 1 aromatic rings. The normalized spacial score (nSPS) is 10.6. The van der Waals surface area contributed by atoms with Gasteiger partial charge in [-0.15, -0.1) is 0 Å². The lowest BCUT2D eigenvalue weighted by Gasteiger charge is -1.91. The van der Waals surface area contributed by atoms with E-state index in [9.17, 15) is 4.39 Å². The van der Waals surface area contributed by atoms with E-state index in [-0.39, 0.29) is 5.82 Å².